The maximum absolute atomic E-state index is 12.9. The summed E-state index contributed by atoms with van der Waals surface area (Å²) in [5.41, 5.74) is 5.34. The Morgan fingerprint density at radius 3 is 2.43 bits per heavy atom. The summed E-state index contributed by atoms with van der Waals surface area (Å²) in [5.74, 6) is -2.77. The van der Waals surface area contributed by atoms with Crippen molar-refractivity contribution in [1.29, 1.82) is 0 Å². The summed E-state index contributed by atoms with van der Waals surface area (Å²) in [7, 11) is 0. The third-order valence-corrected chi connectivity index (χ3v) is 3.13. The van der Waals surface area contributed by atoms with E-state index in [4.69, 9.17) is 17.3 Å². The number of halogens is 3. The molecule has 0 radical (unpaired) electrons. The van der Waals surface area contributed by atoms with E-state index in [1.165, 1.54) is 0 Å². The zero-order valence-corrected chi connectivity index (χ0v) is 8.41. The van der Waals surface area contributed by atoms with Crippen molar-refractivity contribution >= 4 is 11.6 Å². The Balaban J connectivity index is 2.40. The second kappa shape index (κ2) is 2.67. The van der Waals surface area contributed by atoms with Gasteiger partial charge in [-0.1, -0.05) is 23.7 Å². The Kier molecular flexibility index (Phi) is 1.88. The number of aryl methyl sites for hydroxylation is 1. The van der Waals surface area contributed by atoms with E-state index in [1.54, 1.807) is 25.1 Å². The van der Waals surface area contributed by atoms with Gasteiger partial charge >= 0.3 is 0 Å². The molecule has 0 aliphatic heterocycles. The van der Waals surface area contributed by atoms with Gasteiger partial charge in [-0.15, -0.1) is 0 Å². The highest BCUT2D eigenvalue weighted by molar-refractivity contribution is 6.31. The molecule has 2 N–H and O–H groups in total. The summed E-state index contributed by atoms with van der Waals surface area (Å²) in [6.45, 7) is 1.77. The number of alkyl halides is 2. The molecule has 0 amide bonds. The van der Waals surface area contributed by atoms with Gasteiger partial charge in [-0.2, -0.15) is 0 Å². The van der Waals surface area contributed by atoms with Crippen molar-refractivity contribution in [1.82, 2.24) is 0 Å². The van der Waals surface area contributed by atoms with Crippen LogP contribution in [0.4, 0.5) is 8.78 Å². The molecule has 1 aliphatic rings. The fourth-order valence-electron chi connectivity index (χ4n) is 1.54. The van der Waals surface area contributed by atoms with Gasteiger partial charge in [-0.3, -0.25) is 0 Å². The van der Waals surface area contributed by atoms with Crippen LogP contribution in [0, 0.1) is 6.92 Å². The molecule has 1 fully saturated rings. The van der Waals surface area contributed by atoms with Gasteiger partial charge in [0.2, 0.25) is 0 Å². The van der Waals surface area contributed by atoms with Gasteiger partial charge in [0.05, 0.1) is 0 Å². The molecule has 0 saturated heterocycles. The molecular formula is C10H10ClF2N. The van der Waals surface area contributed by atoms with Crippen molar-refractivity contribution in [2.75, 3.05) is 0 Å². The molecule has 1 atom stereocenters. The minimum Gasteiger partial charge on any atom is -0.316 e. The van der Waals surface area contributed by atoms with Crippen LogP contribution < -0.4 is 5.73 Å². The van der Waals surface area contributed by atoms with Crippen molar-refractivity contribution in [3.63, 3.8) is 0 Å². The van der Waals surface area contributed by atoms with Crippen LogP contribution in [0.2, 0.25) is 5.02 Å². The van der Waals surface area contributed by atoms with E-state index in [-0.39, 0.29) is 6.42 Å². The van der Waals surface area contributed by atoms with Gasteiger partial charge in [-0.25, -0.2) is 8.78 Å². The summed E-state index contributed by atoms with van der Waals surface area (Å²) in [5, 5.41) is 0.571. The smallest absolute Gasteiger partial charge is 0.272 e. The summed E-state index contributed by atoms with van der Waals surface area (Å²) in [6.07, 6.45) is -0.277. The number of benzene rings is 1. The van der Waals surface area contributed by atoms with Gasteiger partial charge in [0, 0.05) is 11.4 Å². The predicted octanol–water partition coefficient (Wildman–Crippen LogP) is 2.84. The lowest BCUT2D eigenvalue weighted by atomic mass is 10.0. The largest absolute Gasteiger partial charge is 0.316 e. The van der Waals surface area contributed by atoms with E-state index in [0.29, 0.717) is 10.6 Å². The highest BCUT2D eigenvalue weighted by Gasteiger charge is 2.69. The molecule has 0 bridgehead atoms. The number of hydrogen-bond donors (Lipinski definition) is 1. The summed E-state index contributed by atoms with van der Waals surface area (Å²) in [4.78, 5) is 0. The first-order valence-corrected chi connectivity index (χ1v) is 4.68. The van der Waals surface area contributed by atoms with Crippen LogP contribution in [-0.4, -0.2) is 5.92 Å². The van der Waals surface area contributed by atoms with Crippen LogP contribution in [0.5, 0.6) is 0 Å². The first-order chi connectivity index (χ1) is 6.37. The minimum atomic E-state index is -2.77. The maximum Gasteiger partial charge on any atom is 0.272 e. The molecule has 0 spiro atoms. The third kappa shape index (κ3) is 1.23. The standard InChI is InChI=1S/C10H10ClF2N/c1-6-4-7(2-3-8(6)11)9(14)5-10(9,12)13/h2-4H,5,14H2,1H3. The van der Waals surface area contributed by atoms with Gasteiger partial charge in [-0.05, 0) is 24.1 Å². The summed E-state index contributed by atoms with van der Waals surface area (Å²) >= 11 is 5.79. The van der Waals surface area contributed by atoms with Crippen LogP contribution in [0.25, 0.3) is 0 Å². The Bertz CT molecular complexity index is 392. The van der Waals surface area contributed by atoms with E-state index in [2.05, 4.69) is 0 Å². The number of nitrogens with two attached hydrogens (primary N) is 1. The van der Waals surface area contributed by atoms with Crippen LogP contribution in [0.1, 0.15) is 17.5 Å². The zero-order valence-electron chi connectivity index (χ0n) is 7.65. The monoisotopic (exact) mass is 217 g/mol. The van der Waals surface area contributed by atoms with E-state index in [1.807, 2.05) is 0 Å². The molecule has 1 nitrogen and oxygen atoms in total. The molecular weight excluding hydrogens is 208 g/mol. The van der Waals surface area contributed by atoms with Crippen molar-refractivity contribution in [3.8, 4) is 0 Å². The fraction of sp³-hybridized carbons (Fsp3) is 0.400. The molecule has 76 valence electrons. The number of rotatable bonds is 1. The first-order valence-electron chi connectivity index (χ1n) is 4.30. The summed E-state index contributed by atoms with van der Waals surface area (Å²) in [6, 6.07) is 4.80. The maximum atomic E-state index is 12.9. The Morgan fingerprint density at radius 2 is 2.00 bits per heavy atom. The van der Waals surface area contributed by atoms with Gasteiger partial charge in [0.1, 0.15) is 5.54 Å². The lowest BCUT2D eigenvalue weighted by molar-refractivity contribution is 0.0891. The van der Waals surface area contributed by atoms with Crippen molar-refractivity contribution in [3.05, 3.63) is 34.3 Å². The molecule has 14 heavy (non-hydrogen) atoms. The van der Waals surface area contributed by atoms with Gasteiger partial charge < -0.3 is 5.73 Å². The van der Waals surface area contributed by atoms with Crippen LogP contribution in [0.3, 0.4) is 0 Å². The molecule has 1 aromatic rings. The normalized spacial score (nSPS) is 28.9. The van der Waals surface area contributed by atoms with E-state index in [9.17, 15) is 8.78 Å². The Labute approximate surface area is 85.9 Å². The van der Waals surface area contributed by atoms with Crippen molar-refractivity contribution < 1.29 is 8.78 Å². The molecule has 2 rings (SSSR count). The lowest BCUT2D eigenvalue weighted by Gasteiger charge is -2.11. The number of hydrogen-bond acceptors (Lipinski definition) is 1. The molecule has 4 heteroatoms. The van der Waals surface area contributed by atoms with Crippen LogP contribution >= 0.6 is 11.6 Å². The molecule has 1 aromatic carbocycles. The first kappa shape index (κ1) is 9.87. The Morgan fingerprint density at radius 1 is 1.43 bits per heavy atom. The van der Waals surface area contributed by atoms with Crippen molar-refractivity contribution in [2.45, 2.75) is 24.8 Å². The van der Waals surface area contributed by atoms with Gasteiger partial charge in [0.25, 0.3) is 5.92 Å². The molecule has 1 saturated carbocycles. The average Bonchev–Trinajstić information content (AvgIpc) is 2.58. The minimum absolute atomic E-state index is 0.277. The van der Waals surface area contributed by atoms with E-state index < -0.39 is 11.5 Å². The molecule has 0 heterocycles. The topological polar surface area (TPSA) is 26.0 Å². The second-order valence-corrected chi connectivity index (χ2v) is 4.22. The van der Waals surface area contributed by atoms with Crippen LogP contribution in [-0.2, 0) is 5.54 Å². The SMILES string of the molecule is Cc1cc(C2(N)CC2(F)F)ccc1Cl. The molecule has 0 aromatic heterocycles. The molecule has 1 aliphatic carbocycles. The second-order valence-electron chi connectivity index (χ2n) is 3.82. The molecule has 1 unspecified atom stereocenters. The van der Waals surface area contributed by atoms with Gasteiger partial charge in [0.15, 0.2) is 0 Å². The quantitative estimate of drug-likeness (QED) is 0.769. The Hall–Kier alpha value is -0.670. The lowest BCUT2D eigenvalue weighted by Crippen LogP contribution is -2.27. The van der Waals surface area contributed by atoms with Crippen LogP contribution in [0.15, 0.2) is 18.2 Å². The van der Waals surface area contributed by atoms with Crippen molar-refractivity contribution in [2.24, 2.45) is 5.73 Å². The average molecular weight is 218 g/mol. The van der Waals surface area contributed by atoms with E-state index in [0.717, 1.165) is 5.56 Å². The highest BCUT2D eigenvalue weighted by Crippen LogP contribution is 2.57. The summed E-state index contributed by atoms with van der Waals surface area (Å²) < 4.78 is 25.9. The fourth-order valence-corrected chi connectivity index (χ4v) is 1.66. The van der Waals surface area contributed by atoms with E-state index >= 15 is 0 Å². The zero-order chi connectivity index (χ0) is 10.6. The third-order valence-electron chi connectivity index (χ3n) is 2.70. The predicted molar refractivity (Wildman–Crippen MR) is 51.6 cm³/mol. The highest BCUT2D eigenvalue weighted by atomic mass is 35.5.